The monoisotopic (exact) mass is 289 g/mol. The zero-order valence-electron chi connectivity index (χ0n) is 12.3. The first-order chi connectivity index (χ1) is 10.1. The molecule has 1 N–H and O–H groups in total. The molecular weight excluding hydrogens is 270 g/mol. The number of methoxy groups -OCH3 is 1. The zero-order chi connectivity index (χ0) is 15.0. The Morgan fingerprint density at radius 1 is 1.14 bits per heavy atom. The molecule has 0 saturated carbocycles. The van der Waals surface area contributed by atoms with Crippen LogP contribution in [0.25, 0.3) is 0 Å². The van der Waals surface area contributed by atoms with E-state index in [2.05, 4.69) is 5.32 Å². The minimum absolute atomic E-state index is 0.223. The van der Waals surface area contributed by atoms with Crippen LogP contribution in [-0.4, -0.2) is 42.7 Å². The summed E-state index contributed by atoms with van der Waals surface area (Å²) in [5.41, 5.74) is -0.380. The lowest BCUT2D eigenvalue weighted by atomic mass is 10.1. The Labute approximate surface area is 123 Å². The van der Waals surface area contributed by atoms with Crippen molar-refractivity contribution in [2.75, 3.05) is 25.1 Å². The lowest BCUT2D eigenvalue weighted by Gasteiger charge is -2.32. The standard InChI is InChI=1S/C15H19N3O3/c1-15(17-9-3-4-10-17)13(19)18(14(20)16-15)11-5-7-12(21-2)8-6-11/h5-8H,3-4,9-10H2,1-2H3,(H,16,20). The van der Waals surface area contributed by atoms with Crippen molar-refractivity contribution >= 4 is 17.6 Å². The number of urea groups is 1. The fraction of sp³-hybridized carbons (Fsp3) is 0.467. The molecule has 6 heteroatoms. The first-order valence-corrected chi connectivity index (χ1v) is 7.12. The molecule has 3 rings (SSSR count). The third-order valence-corrected chi connectivity index (χ3v) is 4.24. The molecule has 21 heavy (non-hydrogen) atoms. The number of carbonyl (C=O) groups excluding carboxylic acids is 2. The summed E-state index contributed by atoms with van der Waals surface area (Å²) in [6, 6.07) is 6.53. The zero-order valence-corrected chi connectivity index (χ0v) is 12.3. The molecule has 112 valence electrons. The van der Waals surface area contributed by atoms with Gasteiger partial charge in [-0.15, -0.1) is 0 Å². The Morgan fingerprint density at radius 2 is 1.76 bits per heavy atom. The number of nitrogens with one attached hydrogen (secondary N) is 1. The Balaban J connectivity index is 1.89. The summed E-state index contributed by atoms with van der Waals surface area (Å²) in [6.45, 7) is 3.44. The first-order valence-electron chi connectivity index (χ1n) is 7.12. The number of hydrogen-bond acceptors (Lipinski definition) is 4. The average molecular weight is 289 g/mol. The van der Waals surface area contributed by atoms with E-state index >= 15 is 0 Å². The highest BCUT2D eigenvalue weighted by Crippen LogP contribution is 2.30. The molecule has 1 aromatic carbocycles. The summed E-state index contributed by atoms with van der Waals surface area (Å²) < 4.78 is 5.10. The molecule has 0 bridgehead atoms. The van der Waals surface area contributed by atoms with Gasteiger partial charge in [0.25, 0.3) is 5.91 Å². The third-order valence-electron chi connectivity index (χ3n) is 4.24. The Morgan fingerprint density at radius 3 is 2.33 bits per heavy atom. The summed E-state index contributed by atoms with van der Waals surface area (Å²) in [5, 5.41) is 2.83. The van der Waals surface area contributed by atoms with Crippen molar-refractivity contribution in [3.8, 4) is 5.75 Å². The van der Waals surface area contributed by atoms with Crippen LogP contribution in [0.2, 0.25) is 0 Å². The quantitative estimate of drug-likeness (QED) is 0.858. The fourth-order valence-electron chi connectivity index (χ4n) is 2.97. The number of likely N-dealkylation sites (tertiary alicyclic amines) is 1. The van der Waals surface area contributed by atoms with Crippen molar-refractivity contribution in [3.05, 3.63) is 24.3 Å². The van der Waals surface area contributed by atoms with E-state index in [-0.39, 0.29) is 11.9 Å². The Bertz CT molecular complexity index is 566. The van der Waals surface area contributed by atoms with E-state index in [4.69, 9.17) is 4.74 Å². The molecule has 2 fully saturated rings. The van der Waals surface area contributed by atoms with Gasteiger partial charge in [-0.05, 0) is 44.0 Å². The van der Waals surface area contributed by atoms with Crippen LogP contribution >= 0.6 is 0 Å². The van der Waals surface area contributed by atoms with Crippen LogP contribution in [-0.2, 0) is 4.79 Å². The molecular formula is C15H19N3O3. The van der Waals surface area contributed by atoms with Crippen LogP contribution in [0.1, 0.15) is 19.8 Å². The molecule has 0 spiro atoms. The van der Waals surface area contributed by atoms with Crippen molar-refractivity contribution < 1.29 is 14.3 Å². The van der Waals surface area contributed by atoms with Crippen LogP contribution < -0.4 is 15.0 Å². The van der Waals surface area contributed by atoms with Crippen molar-refractivity contribution in [2.45, 2.75) is 25.4 Å². The average Bonchev–Trinajstić information content (AvgIpc) is 3.09. The number of imide groups is 1. The van der Waals surface area contributed by atoms with Gasteiger partial charge in [0.05, 0.1) is 12.8 Å². The van der Waals surface area contributed by atoms with E-state index in [1.165, 1.54) is 4.90 Å². The van der Waals surface area contributed by atoms with Crippen LogP contribution in [0.15, 0.2) is 24.3 Å². The SMILES string of the molecule is COc1ccc(N2C(=O)NC(C)(N3CCCC3)C2=O)cc1. The highest BCUT2D eigenvalue weighted by atomic mass is 16.5. The molecule has 2 saturated heterocycles. The van der Waals surface area contributed by atoms with E-state index in [1.807, 2.05) is 4.90 Å². The molecule has 0 aliphatic carbocycles. The van der Waals surface area contributed by atoms with Crippen molar-refractivity contribution in [3.63, 3.8) is 0 Å². The summed E-state index contributed by atoms with van der Waals surface area (Å²) in [7, 11) is 1.58. The van der Waals surface area contributed by atoms with E-state index in [0.29, 0.717) is 11.4 Å². The minimum atomic E-state index is -0.937. The van der Waals surface area contributed by atoms with Gasteiger partial charge in [-0.25, -0.2) is 9.69 Å². The van der Waals surface area contributed by atoms with E-state index < -0.39 is 5.66 Å². The smallest absolute Gasteiger partial charge is 0.330 e. The lowest BCUT2D eigenvalue weighted by Crippen LogP contribution is -2.57. The van der Waals surface area contributed by atoms with Gasteiger partial charge in [0, 0.05) is 13.1 Å². The molecule has 2 aliphatic rings. The molecule has 0 radical (unpaired) electrons. The summed E-state index contributed by atoms with van der Waals surface area (Å²) in [5.74, 6) is 0.465. The topological polar surface area (TPSA) is 61.9 Å². The second kappa shape index (κ2) is 5.04. The molecule has 1 aromatic rings. The predicted octanol–water partition coefficient (Wildman–Crippen LogP) is 1.56. The number of carbonyl (C=O) groups is 2. The Hall–Kier alpha value is -2.08. The van der Waals surface area contributed by atoms with Gasteiger partial charge in [0.1, 0.15) is 5.75 Å². The molecule has 1 atom stereocenters. The second-order valence-electron chi connectivity index (χ2n) is 5.54. The van der Waals surface area contributed by atoms with Crippen LogP contribution in [0.4, 0.5) is 10.5 Å². The predicted molar refractivity (Wildman–Crippen MR) is 78.2 cm³/mol. The number of nitrogens with zero attached hydrogens (tertiary/aromatic N) is 2. The Kier molecular flexibility index (Phi) is 3.33. The maximum absolute atomic E-state index is 12.7. The van der Waals surface area contributed by atoms with Crippen LogP contribution in [0.5, 0.6) is 5.75 Å². The second-order valence-corrected chi connectivity index (χ2v) is 5.54. The van der Waals surface area contributed by atoms with Gasteiger partial charge >= 0.3 is 6.03 Å². The van der Waals surface area contributed by atoms with Crippen molar-refractivity contribution in [2.24, 2.45) is 0 Å². The lowest BCUT2D eigenvalue weighted by molar-refractivity contribution is -0.127. The number of rotatable bonds is 3. The maximum Gasteiger partial charge on any atom is 0.330 e. The van der Waals surface area contributed by atoms with Crippen molar-refractivity contribution in [1.29, 1.82) is 0 Å². The van der Waals surface area contributed by atoms with Gasteiger partial charge in [0.15, 0.2) is 5.66 Å². The fourth-order valence-corrected chi connectivity index (χ4v) is 2.97. The van der Waals surface area contributed by atoms with Gasteiger partial charge in [-0.1, -0.05) is 0 Å². The summed E-state index contributed by atoms with van der Waals surface area (Å²) >= 11 is 0. The summed E-state index contributed by atoms with van der Waals surface area (Å²) in [6.07, 6.45) is 2.11. The van der Waals surface area contributed by atoms with E-state index in [0.717, 1.165) is 25.9 Å². The molecule has 1 unspecified atom stereocenters. The van der Waals surface area contributed by atoms with Crippen LogP contribution in [0.3, 0.4) is 0 Å². The number of ether oxygens (including phenoxy) is 1. The minimum Gasteiger partial charge on any atom is -0.497 e. The van der Waals surface area contributed by atoms with Gasteiger partial charge < -0.3 is 10.1 Å². The number of benzene rings is 1. The number of hydrogen-bond donors (Lipinski definition) is 1. The van der Waals surface area contributed by atoms with Gasteiger partial charge in [-0.2, -0.15) is 0 Å². The molecule has 0 aromatic heterocycles. The van der Waals surface area contributed by atoms with Crippen LogP contribution in [0, 0.1) is 0 Å². The molecule has 2 heterocycles. The third kappa shape index (κ3) is 2.15. The van der Waals surface area contributed by atoms with Gasteiger partial charge in [-0.3, -0.25) is 9.69 Å². The number of anilines is 1. The maximum atomic E-state index is 12.7. The van der Waals surface area contributed by atoms with E-state index in [1.54, 1.807) is 38.3 Å². The molecule has 2 aliphatic heterocycles. The summed E-state index contributed by atoms with van der Waals surface area (Å²) in [4.78, 5) is 28.2. The number of amides is 3. The van der Waals surface area contributed by atoms with E-state index in [9.17, 15) is 9.59 Å². The normalized spacial score (nSPS) is 26.3. The van der Waals surface area contributed by atoms with Gasteiger partial charge in [0.2, 0.25) is 0 Å². The highest BCUT2D eigenvalue weighted by molar-refractivity contribution is 6.23. The molecule has 6 nitrogen and oxygen atoms in total. The first kappa shape index (κ1) is 13.9. The van der Waals surface area contributed by atoms with Crippen molar-refractivity contribution in [1.82, 2.24) is 10.2 Å². The molecule has 3 amide bonds. The largest absolute Gasteiger partial charge is 0.497 e. The highest BCUT2D eigenvalue weighted by Gasteiger charge is 2.52.